The minimum atomic E-state index is 0.739. The summed E-state index contributed by atoms with van der Waals surface area (Å²) in [5, 5.41) is 8.27. The van der Waals surface area contributed by atoms with E-state index in [0.29, 0.717) is 0 Å². The van der Waals surface area contributed by atoms with E-state index in [1.807, 2.05) is 0 Å². The van der Waals surface area contributed by atoms with Gasteiger partial charge in [0.05, 0.1) is 12.2 Å². The Morgan fingerprint density at radius 3 is 2.60 bits per heavy atom. The van der Waals surface area contributed by atoms with Crippen LogP contribution in [0, 0.1) is 13.8 Å². The maximum absolute atomic E-state index is 4.69. The van der Waals surface area contributed by atoms with Crippen molar-refractivity contribution in [3.8, 4) is 0 Å². The molecular weight excluding hydrogens is 314 g/mol. The fourth-order valence-electron chi connectivity index (χ4n) is 2.44. The Morgan fingerprint density at radius 2 is 1.95 bits per heavy atom. The Morgan fingerprint density at radius 1 is 1.25 bits per heavy atom. The molecule has 0 unspecified atom stereocenters. The van der Waals surface area contributed by atoms with Crippen molar-refractivity contribution in [2.75, 3.05) is 0 Å². The van der Waals surface area contributed by atoms with Crippen LogP contribution in [-0.2, 0) is 13.1 Å². The van der Waals surface area contributed by atoms with Gasteiger partial charge in [0.1, 0.15) is 0 Å². The van der Waals surface area contributed by atoms with E-state index in [1.165, 1.54) is 29.7 Å². The highest BCUT2D eigenvalue weighted by atomic mass is 79.9. The van der Waals surface area contributed by atoms with Crippen LogP contribution in [0.2, 0.25) is 0 Å². The van der Waals surface area contributed by atoms with Crippen LogP contribution in [-0.4, -0.2) is 15.8 Å². The van der Waals surface area contributed by atoms with Crippen molar-refractivity contribution in [2.45, 2.75) is 45.8 Å². The summed E-state index contributed by atoms with van der Waals surface area (Å²) in [6.45, 7) is 6.06. The van der Waals surface area contributed by atoms with Crippen LogP contribution in [0.3, 0.4) is 0 Å². The molecule has 1 aliphatic rings. The van der Waals surface area contributed by atoms with E-state index in [9.17, 15) is 0 Å². The van der Waals surface area contributed by atoms with E-state index in [0.717, 1.165) is 29.3 Å². The summed E-state index contributed by atoms with van der Waals surface area (Å²) < 4.78 is 3.23. The van der Waals surface area contributed by atoms with Crippen molar-refractivity contribution in [1.29, 1.82) is 0 Å². The van der Waals surface area contributed by atoms with Crippen LogP contribution < -0.4 is 5.32 Å². The second-order valence-corrected chi connectivity index (χ2v) is 6.50. The van der Waals surface area contributed by atoms with Crippen molar-refractivity contribution in [1.82, 2.24) is 15.1 Å². The van der Waals surface area contributed by atoms with Crippen molar-refractivity contribution < 1.29 is 0 Å². The molecule has 2 aromatic rings. The summed E-state index contributed by atoms with van der Waals surface area (Å²) in [6, 6.07) is 9.18. The molecule has 1 aromatic carbocycles. The maximum atomic E-state index is 4.69. The number of nitrogens with one attached hydrogen (secondary N) is 1. The van der Waals surface area contributed by atoms with Crippen LogP contribution in [0.1, 0.15) is 35.4 Å². The lowest BCUT2D eigenvalue weighted by molar-refractivity contribution is 0.652. The molecule has 3 nitrogen and oxygen atoms in total. The number of aryl methyl sites for hydroxylation is 1. The number of aromatic nitrogens is 2. The van der Waals surface area contributed by atoms with Crippen LogP contribution in [0.15, 0.2) is 28.7 Å². The topological polar surface area (TPSA) is 29.9 Å². The van der Waals surface area contributed by atoms with Gasteiger partial charge in [0, 0.05) is 28.3 Å². The molecule has 4 heteroatoms. The van der Waals surface area contributed by atoms with Gasteiger partial charge in [0.25, 0.3) is 0 Å². The quantitative estimate of drug-likeness (QED) is 0.906. The van der Waals surface area contributed by atoms with E-state index in [-0.39, 0.29) is 0 Å². The van der Waals surface area contributed by atoms with Gasteiger partial charge in [-0.2, -0.15) is 5.10 Å². The maximum Gasteiger partial charge on any atom is 0.0662 e. The predicted molar refractivity (Wildman–Crippen MR) is 84.8 cm³/mol. The molecule has 1 heterocycles. The van der Waals surface area contributed by atoms with Crippen LogP contribution in [0.25, 0.3) is 0 Å². The molecule has 0 amide bonds. The standard InChI is InChI=1S/C16H20BrN3/c1-11-16(9-18-15-7-8-15)12(2)20(19-11)10-13-3-5-14(17)6-4-13/h3-6,15,18H,7-10H2,1-2H3. The lowest BCUT2D eigenvalue weighted by atomic mass is 10.2. The minimum absolute atomic E-state index is 0.739. The summed E-state index contributed by atoms with van der Waals surface area (Å²) in [6.07, 6.45) is 2.65. The van der Waals surface area contributed by atoms with E-state index < -0.39 is 0 Å². The minimum Gasteiger partial charge on any atom is -0.310 e. The zero-order chi connectivity index (χ0) is 14.1. The Bertz CT molecular complexity index is 597. The van der Waals surface area contributed by atoms with Gasteiger partial charge in [0.2, 0.25) is 0 Å². The number of nitrogens with zero attached hydrogens (tertiary/aromatic N) is 2. The molecule has 1 saturated carbocycles. The Balaban J connectivity index is 1.75. The Kier molecular flexibility index (Phi) is 3.94. The van der Waals surface area contributed by atoms with Gasteiger partial charge >= 0.3 is 0 Å². The third-order valence-corrected chi connectivity index (χ3v) is 4.45. The molecule has 1 fully saturated rings. The van der Waals surface area contributed by atoms with Gasteiger partial charge in [-0.3, -0.25) is 4.68 Å². The first kappa shape index (κ1) is 13.8. The van der Waals surface area contributed by atoms with Crippen LogP contribution in [0.5, 0.6) is 0 Å². The summed E-state index contributed by atoms with van der Waals surface area (Å²) >= 11 is 3.47. The fourth-order valence-corrected chi connectivity index (χ4v) is 2.70. The second kappa shape index (κ2) is 5.70. The molecule has 0 aliphatic heterocycles. The molecule has 3 rings (SSSR count). The van der Waals surface area contributed by atoms with E-state index >= 15 is 0 Å². The van der Waals surface area contributed by atoms with Gasteiger partial charge in [-0.25, -0.2) is 0 Å². The number of rotatable bonds is 5. The fraction of sp³-hybridized carbons (Fsp3) is 0.438. The molecule has 0 bridgehead atoms. The van der Waals surface area contributed by atoms with Crippen molar-refractivity contribution >= 4 is 15.9 Å². The molecule has 0 atom stereocenters. The zero-order valence-corrected chi connectivity index (χ0v) is 13.6. The summed E-state index contributed by atoms with van der Waals surface area (Å²) in [5.41, 5.74) is 5.06. The van der Waals surface area contributed by atoms with Gasteiger partial charge < -0.3 is 5.32 Å². The predicted octanol–water partition coefficient (Wildman–Crippen LogP) is 3.56. The summed E-state index contributed by atoms with van der Waals surface area (Å²) in [5.74, 6) is 0. The normalized spacial score (nSPS) is 14.8. The average Bonchev–Trinajstić information content (AvgIpc) is 3.20. The molecule has 106 valence electrons. The molecule has 20 heavy (non-hydrogen) atoms. The van der Waals surface area contributed by atoms with Gasteiger partial charge in [-0.1, -0.05) is 28.1 Å². The highest BCUT2D eigenvalue weighted by molar-refractivity contribution is 9.10. The lowest BCUT2D eigenvalue weighted by Gasteiger charge is -2.07. The largest absolute Gasteiger partial charge is 0.310 e. The molecule has 0 saturated heterocycles. The van der Waals surface area contributed by atoms with Crippen molar-refractivity contribution in [2.24, 2.45) is 0 Å². The number of halogens is 1. The van der Waals surface area contributed by atoms with E-state index in [4.69, 9.17) is 5.10 Å². The molecule has 1 aromatic heterocycles. The Hall–Kier alpha value is -1.13. The molecule has 0 spiro atoms. The van der Waals surface area contributed by atoms with Crippen molar-refractivity contribution in [3.63, 3.8) is 0 Å². The van der Waals surface area contributed by atoms with E-state index in [2.05, 4.69) is 64.0 Å². The van der Waals surface area contributed by atoms with E-state index in [1.54, 1.807) is 0 Å². The summed E-state index contributed by atoms with van der Waals surface area (Å²) in [7, 11) is 0. The SMILES string of the molecule is Cc1nn(Cc2ccc(Br)cc2)c(C)c1CNC1CC1. The third kappa shape index (κ3) is 3.13. The Labute approximate surface area is 128 Å². The first-order valence-electron chi connectivity index (χ1n) is 7.14. The molecule has 1 aliphatic carbocycles. The first-order chi connectivity index (χ1) is 9.63. The molecule has 0 radical (unpaired) electrons. The smallest absolute Gasteiger partial charge is 0.0662 e. The highest BCUT2D eigenvalue weighted by Crippen LogP contribution is 2.21. The van der Waals surface area contributed by atoms with Gasteiger partial charge in [0.15, 0.2) is 0 Å². The molecule has 1 N–H and O–H groups in total. The lowest BCUT2D eigenvalue weighted by Crippen LogP contribution is -2.16. The number of benzene rings is 1. The van der Waals surface area contributed by atoms with Gasteiger partial charge in [-0.05, 0) is 44.4 Å². The van der Waals surface area contributed by atoms with Gasteiger partial charge in [-0.15, -0.1) is 0 Å². The summed E-state index contributed by atoms with van der Waals surface area (Å²) in [4.78, 5) is 0. The number of hydrogen-bond acceptors (Lipinski definition) is 2. The average molecular weight is 334 g/mol. The molecular formula is C16H20BrN3. The van der Waals surface area contributed by atoms with Crippen LogP contribution >= 0.6 is 15.9 Å². The second-order valence-electron chi connectivity index (χ2n) is 5.59. The highest BCUT2D eigenvalue weighted by Gasteiger charge is 2.21. The van der Waals surface area contributed by atoms with Crippen LogP contribution in [0.4, 0.5) is 0 Å². The first-order valence-corrected chi connectivity index (χ1v) is 7.93. The van der Waals surface area contributed by atoms with Crippen molar-refractivity contribution in [3.05, 3.63) is 51.3 Å². The third-order valence-electron chi connectivity index (χ3n) is 3.92. The zero-order valence-electron chi connectivity index (χ0n) is 12.0. The number of hydrogen-bond donors (Lipinski definition) is 1. The monoisotopic (exact) mass is 333 g/mol.